The van der Waals surface area contributed by atoms with Gasteiger partial charge in [-0.25, -0.2) is 4.68 Å². The monoisotopic (exact) mass is 415 g/mol. The Hall–Kier alpha value is -3.88. The van der Waals surface area contributed by atoms with E-state index in [2.05, 4.69) is 25.7 Å². The molecule has 1 unspecified atom stereocenters. The summed E-state index contributed by atoms with van der Waals surface area (Å²) in [4.78, 5) is 24.9. The normalized spacial score (nSPS) is 14.5. The molecule has 156 valence electrons. The molecule has 9 heteroatoms. The lowest BCUT2D eigenvalue weighted by atomic mass is 10.1. The van der Waals surface area contributed by atoms with E-state index < -0.39 is 6.04 Å². The quantitative estimate of drug-likeness (QED) is 0.537. The van der Waals surface area contributed by atoms with Crippen molar-refractivity contribution in [2.24, 2.45) is 0 Å². The number of fused-ring (bicyclic) bond motifs is 1. The van der Waals surface area contributed by atoms with Crippen molar-refractivity contribution in [1.29, 1.82) is 0 Å². The number of nitrogens with one attached hydrogen (secondary N) is 1. The van der Waals surface area contributed by atoms with Gasteiger partial charge in [0.15, 0.2) is 11.5 Å². The number of hydrogen-bond acceptors (Lipinski definition) is 6. The summed E-state index contributed by atoms with van der Waals surface area (Å²) in [5.41, 5.74) is 3.58. The van der Waals surface area contributed by atoms with E-state index in [0.717, 1.165) is 29.8 Å². The molecule has 1 atom stereocenters. The summed E-state index contributed by atoms with van der Waals surface area (Å²) in [5.74, 6) is 0.823. The molecule has 1 fully saturated rings. The maximum Gasteiger partial charge on any atom is 0.267 e. The summed E-state index contributed by atoms with van der Waals surface area (Å²) in [6, 6.07) is 13.6. The fourth-order valence-corrected chi connectivity index (χ4v) is 3.45. The van der Waals surface area contributed by atoms with E-state index in [0.29, 0.717) is 23.1 Å². The molecule has 0 spiro atoms. The van der Waals surface area contributed by atoms with Crippen LogP contribution in [0.3, 0.4) is 0 Å². The van der Waals surface area contributed by atoms with Gasteiger partial charge in [0.1, 0.15) is 6.04 Å². The predicted octanol–water partition coefficient (Wildman–Crippen LogP) is 2.73. The van der Waals surface area contributed by atoms with E-state index in [-0.39, 0.29) is 11.5 Å². The standard InChI is InChI=1S/C22H21N7O2/c1-13(28-21(30)12-10-19(26-28)15-3-4-15)22(31)23-17-7-5-16(6-8-17)18-9-11-20-25-24-14(2)29(20)27-18/h5-13,15H,3-4H2,1-2H3,(H,23,31). The van der Waals surface area contributed by atoms with Crippen LogP contribution < -0.4 is 10.9 Å². The molecule has 4 aromatic rings. The molecule has 0 bridgehead atoms. The second kappa shape index (κ2) is 7.42. The number of amides is 1. The van der Waals surface area contributed by atoms with Crippen LogP contribution in [0.5, 0.6) is 0 Å². The van der Waals surface area contributed by atoms with Crippen molar-refractivity contribution < 1.29 is 4.79 Å². The molecular formula is C22H21N7O2. The Kier molecular flexibility index (Phi) is 4.58. The summed E-state index contributed by atoms with van der Waals surface area (Å²) >= 11 is 0. The molecule has 1 aromatic carbocycles. The zero-order chi connectivity index (χ0) is 21.5. The van der Waals surface area contributed by atoms with Crippen LogP contribution in [-0.2, 0) is 4.79 Å². The molecule has 0 saturated heterocycles. The van der Waals surface area contributed by atoms with Gasteiger partial charge in [0.2, 0.25) is 5.91 Å². The first kappa shape index (κ1) is 19.1. The van der Waals surface area contributed by atoms with Crippen molar-refractivity contribution in [2.45, 2.75) is 38.6 Å². The molecule has 31 heavy (non-hydrogen) atoms. The third-order valence-corrected chi connectivity index (χ3v) is 5.45. The first-order chi connectivity index (χ1) is 15.0. The highest BCUT2D eigenvalue weighted by Gasteiger charge is 2.27. The van der Waals surface area contributed by atoms with Crippen molar-refractivity contribution in [3.63, 3.8) is 0 Å². The Bertz CT molecular complexity index is 1340. The molecule has 0 aliphatic heterocycles. The Labute approximate surface area is 177 Å². The van der Waals surface area contributed by atoms with Gasteiger partial charge in [-0.3, -0.25) is 9.59 Å². The third-order valence-electron chi connectivity index (χ3n) is 5.45. The minimum Gasteiger partial charge on any atom is -0.324 e. The van der Waals surface area contributed by atoms with Crippen LogP contribution in [0.4, 0.5) is 5.69 Å². The summed E-state index contributed by atoms with van der Waals surface area (Å²) in [6.45, 7) is 3.52. The van der Waals surface area contributed by atoms with Gasteiger partial charge in [0.25, 0.3) is 5.56 Å². The number of carbonyl (C=O) groups is 1. The number of aryl methyl sites for hydroxylation is 1. The van der Waals surface area contributed by atoms with Crippen molar-refractivity contribution in [2.75, 3.05) is 5.32 Å². The smallest absolute Gasteiger partial charge is 0.267 e. The van der Waals surface area contributed by atoms with Crippen molar-refractivity contribution in [3.05, 3.63) is 70.4 Å². The Morgan fingerprint density at radius 3 is 2.55 bits per heavy atom. The first-order valence-corrected chi connectivity index (χ1v) is 10.2. The van der Waals surface area contributed by atoms with Gasteiger partial charge < -0.3 is 5.32 Å². The molecule has 1 aliphatic rings. The number of carbonyl (C=O) groups excluding carboxylic acids is 1. The molecule has 9 nitrogen and oxygen atoms in total. The molecule has 1 saturated carbocycles. The van der Waals surface area contributed by atoms with E-state index in [4.69, 9.17) is 0 Å². The Morgan fingerprint density at radius 2 is 1.81 bits per heavy atom. The van der Waals surface area contributed by atoms with E-state index in [9.17, 15) is 9.59 Å². The fraction of sp³-hybridized carbons (Fsp3) is 0.273. The van der Waals surface area contributed by atoms with Gasteiger partial charge in [0.05, 0.1) is 11.4 Å². The number of aromatic nitrogens is 6. The number of hydrogen-bond donors (Lipinski definition) is 1. The third kappa shape index (κ3) is 3.70. The second-order valence-corrected chi connectivity index (χ2v) is 7.79. The topological polar surface area (TPSA) is 107 Å². The zero-order valence-corrected chi connectivity index (χ0v) is 17.2. The summed E-state index contributed by atoms with van der Waals surface area (Å²) in [5, 5.41) is 19.9. The van der Waals surface area contributed by atoms with Crippen LogP contribution in [-0.4, -0.2) is 35.5 Å². The highest BCUT2D eigenvalue weighted by molar-refractivity contribution is 5.93. The highest BCUT2D eigenvalue weighted by Crippen LogP contribution is 2.38. The minimum atomic E-state index is -0.716. The van der Waals surface area contributed by atoms with Gasteiger partial charge in [-0.2, -0.15) is 14.7 Å². The van der Waals surface area contributed by atoms with E-state index in [1.807, 2.05) is 43.3 Å². The van der Waals surface area contributed by atoms with Crippen LogP contribution in [0, 0.1) is 6.92 Å². The first-order valence-electron chi connectivity index (χ1n) is 10.2. The average Bonchev–Trinajstić information content (AvgIpc) is 3.57. The lowest BCUT2D eigenvalue weighted by molar-refractivity contribution is -0.119. The highest BCUT2D eigenvalue weighted by atomic mass is 16.2. The Morgan fingerprint density at radius 1 is 1.03 bits per heavy atom. The van der Waals surface area contributed by atoms with Gasteiger partial charge in [-0.15, -0.1) is 10.2 Å². The van der Waals surface area contributed by atoms with Gasteiger partial charge >= 0.3 is 0 Å². The van der Waals surface area contributed by atoms with E-state index >= 15 is 0 Å². The molecule has 0 radical (unpaired) electrons. The molecule has 3 aromatic heterocycles. The van der Waals surface area contributed by atoms with Crippen LogP contribution >= 0.6 is 0 Å². The van der Waals surface area contributed by atoms with Crippen molar-refractivity contribution in [3.8, 4) is 11.3 Å². The SMILES string of the molecule is Cc1nnc2ccc(-c3ccc(NC(=O)C(C)n4nc(C5CC5)ccc4=O)cc3)nn12. The van der Waals surface area contributed by atoms with Crippen LogP contribution in [0.25, 0.3) is 16.9 Å². The average molecular weight is 415 g/mol. The largest absolute Gasteiger partial charge is 0.324 e. The summed E-state index contributed by atoms with van der Waals surface area (Å²) < 4.78 is 2.95. The fourth-order valence-electron chi connectivity index (χ4n) is 3.45. The van der Waals surface area contributed by atoms with Gasteiger partial charge in [-0.05, 0) is 57.0 Å². The minimum absolute atomic E-state index is 0.284. The Balaban J connectivity index is 1.33. The van der Waals surface area contributed by atoms with Crippen molar-refractivity contribution in [1.82, 2.24) is 29.6 Å². The molecule has 5 rings (SSSR count). The maximum atomic E-state index is 12.7. The number of nitrogens with zero attached hydrogens (tertiary/aromatic N) is 6. The van der Waals surface area contributed by atoms with Crippen molar-refractivity contribution >= 4 is 17.2 Å². The second-order valence-electron chi connectivity index (χ2n) is 7.79. The molecular weight excluding hydrogens is 394 g/mol. The van der Waals surface area contributed by atoms with Crippen LogP contribution in [0.1, 0.15) is 43.2 Å². The predicted molar refractivity (Wildman–Crippen MR) is 115 cm³/mol. The zero-order valence-electron chi connectivity index (χ0n) is 17.2. The van der Waals surface area contributed by atoms with E-state index in [1.54, 1.807) is 17.5 Å². The summed E-state index contributed by atoms with van der Waals surface area (Å²) in [6.07, 6.45) is 2.16. The number of anilines is 1. The summed E-state index contributed by atoms with van der Waals surface area (Å²) in [7, 11) is 0. The van der Waals surface area contributed by atoms with Crippen LogP contribution in [0.2, 0.25) is 0 Å². The molecule has 1 amide bonds. The number of rotatable bonds is 5. The molecule has 1 aliphatic carbocycles. The molecule has 1 N–H and O–H groups in total. The van der Waals surface area contributed by atoms with Gasteiger partial charge in [0, 0.05) is 23.2 Å². The van der Waals surface area contributed by atoms with E-state index in [1.165, 1.54) is 10.7 Å². The lowest BCUT2D eigenvalue weighted by Gasteiger charge is -2.15. The van der Waals surface area contributed by atoms with Crippen LogP contribution in [0.15, 0.2) is 53.3 Å². The maximum absolute atomic E-state index is 12.7. The molecule has 3 heterocycles. The lowest BCUT2D eigenvalue weighted by Crippen LogP contribution is -2.33. The number of benzene rings is 1. The van der Waals surface area contributed by atoms with Gasteiger partial charge in [-0.1, -0.05) is 12.1 Å².